The summed E-state index contributed by atoms with van der Waals surface area (Å²) in [7, 11) is 0. The lowest BCUT2D eigenvalue weighted by atomic mass is 9.94. The summed E-state index contributed by atoms with van der Waals surface area (Å²) in [6, 6.07) is 0. The molecule has 0 saturated heterocycles. The van der Waals surface area contributed by atoms with Gasteiger partial charge in [0.05, 0.1) is 5.41 Å². The van der Waals surface area contributed by atoms with E-state index in [0.29, 0.717) is 0 Å². The lowest BCUT2D eigenvalue weighted by molar-refractivity contribution is 0.619. The topological polar surface area (TPSA) is 4.36 Å². The minimum atomic E-state index is -0.0798. The summed E-state index contributed by atoms with van der Waals surface area (Å²) < 4.78 is 0. The van der Waals surface area contributed by atoms with Gasteiger partial charge in [-0.05, 0) is 19.4 Å². The molecule has 1 saturated carbocycles. The van der Waals surface area contributed by atoms with E-state index < -0.39 is 0 Å². The predicted molar refractivity (Wildman–Crippen MR) is 53.4 cm³/mol. The van der Waals surface area contributed by atoms with E-state index in [1.54, 1.807) is 0 Å². The van der Waals surface area contributed by atoms with E-state index in [1.807, 2.05) is 19.1 Å². The van der Waals surface area contributed by atoms with Crippen LogP contribution in [0.25, 0.3) is 4.85 Å². The summed E-state index contributed by atoms with van der Waals surface area (Å²) in [5, 5.41) is 0. The van der Waals surface area contributed by atoms with Gasteiger partial charge in [0.25, 0.3) is 12.1 Å². The quantitative estimate of drug-likeness (QED) is 0.549. The van der Waals surface area contributed by atoms with Crippen LogP contribution in [-0.4, -0.2) is 5.54 Å². The van der Waals surface area contributed by atoms with Crippen LogP contribution in [0.5, 0.6) is 0 Å². The van der Waals surface area contributed by atoms with Crippen LogP contribution in [-0.2, 0) is 0 Å². The van der Waals surface area contributed by atoms with E-state index in [9.17, 15) is 0 Å². The van der Waals surface area contributed by atoms with E-state index in [0.717, 1.165) is 12.0 Å². The molecule has 0 aromatic rings. The van der Waals surface area contributed by atoms with Crippen molar-refractivity contribution < 1.29 is 0 Å². The SMILES string of the molecule is C#[N+]C1(C)CC1(C)C(=C)/C=C\C. The maximum atomic E-state index is 5.34. The molecule has 1 fully saturated rings. The maximum absolute atomic E-state index is 5.34. The van der Waals surface area contributed by atoms with Crippen LogP contribution in [0.1, 0.15) is 27.2 Å². The predicted octanol–water partition coefficient (Wildman–Crippen LogP) is 3.25. The Labute approximate surface area is 74.6 Å². The van der Waals surface area contributed by atoms with Crippen molar-refractivity contribution in [3.8, 4) is 6.57 Å². The third-order valence-corrected chi connectivity index (χ3v) is 3.12. The summed E-state index contributed by atoms with van der Waals surface area (Å²) in [5.41, 5.74) is 1.14. The Kier molecular flexibility index (Phi) is 1.88. The molecule has 0 radical (unpaired) electrons. The van der Waals surface area contributed by atoms with Crippen molar-refractivity contribution >= 4 is 0 Å². The van der Waals surface area contributed by atoms with Crippen molar-refractivity contribution in [3.05, 3.63) is 29.1 Å². The highest BCUT2D eigenvalue weighted by Crippen LogP contribution is 2.62. The molecule has 0 aromatic carbocycles. The van der Waals surface area contributed by atoms with Crippen LogP contribution in [0, 0.1) is 12.0 Å². The van der Waals surface area contributed by atoms with Gasteiger partial charge in [-0.25, -0.2) is 0 Å². The minimum absolute atomic E-state index is 0.0798. The Morgan fingerprint density at radius 1 is 1.58 bits per heavy atom. The van der Waals surface area contributed by atoms with Crippen molar-refractivity contribution in [3.63, 3.8) is 0 Å². The number of hydrogen-bond acceptors (Lipinski definition) is 0. The van der Waals surface area contributed by atoms with Crippen LogP contribution in [0.3, 0.4) is 0 Å². The fourth-order valence-electron chi connectivity index (χ4n) is 1.68. The molecular weight excluding hydrogens is 146 g/mol. The Morgan fingerprint density at radius 3 is 2.50 bits per heavy atom. The van der Waals surface area contributed by atoms with E-state index in [-0.39, 0.29) is 11.0 Å². The van der Waals surface area contributed by atoms with Gasteiger partial charge in [-0.15, -0.1) is 0 Å². The second-order valence-corrected chi connectivity index (χ2v) is 3.94. The van der Waals surface area contributed by atoms with E-state index in [1.165, 1.54) is 0 Å². The number of hydrogen-bond donors (Lipinski definition) is 0. The summed E-state index contributed by atoms with van der Waals surface area (Å²) >= 11 is 0. The molecule has 0 aliphatic heterocycles. The normalized spacial score (nSPS) is 39.5. The molecular formula is C11H16N+. The van der Waals surface area contributed by atoms with Gasteiger partial charge in [0.15, 0.2) is 0 Å². The first kappa shape index (κ1) is 9.06. The molecule has 1 rings (SSSR count). The molecule has 12 heavy (non-hydrogen) atoms. The third-order valence-electron chi connectivity index (χ3n) is 3.12. The molecule has 2 unspecified atom stereocenters. The molecule has 2 atom stereocenters. The molecule has 0 spiro atoms. The largest absolute Gasteiger partial charge is 0.288 e. The smallest absolute Gasteiger partial charge is 0.0950 e. The fourth-order valence-corrected chi connectivity index (χ4v) is 1.68. The average Bonchev–Trinajstić information content (AvgIpc) is 2.58. The molecule has 1 nitrogen and oxygen atoms in total. The first-order valence-corrected chi connectivity index (χ1v) is 4.24. The van der Waals surface area contributed by atoms with Gasteiger partial charge in [-0.3, -0.25) is 0 Å². The Bertz CT molecular complexity index is 282. The highest BCUT2D eigenvalue weighted by Gasteiger charge is 2.72. The third kappa shape index (κ3) is 0.992. The monoisotopic (exact) mass is 162 g/mol. The van der Waals surface area contributed by atoms with Gasteiger partial charge >= 0.3 is 0 Å². The molecule has 0 N–H and O–H groups in total. The summed E-state index contributed by atoms with van der Waals surface area (Å²) in [6.45, 7) is 15.6. The number of rotatable bonds is 2. The Hall–Kier alpha value is -1.03. The molecule has 1 aliphatic rings. The van der Waals surface area contributed by atoms with Crippen molar-refractivity contribution in [2.45, 2.75) is 32.7 Å². The zero-order chi connectivity index (χ0) is 9.41. The van der Waals surface area contributed by atoms with Crippen LogP contribution in [0.15, 0.2) is 24.3 Å². The van der Waals surface area contributed by atoms with Gasteiger partial charge in [0.2, 0.25) is 0 Å². The average molecular weight is 162 g/mol. The van der Waals surface area contributed by atoms with Gasteiger partial charge in [-0.2, -0.15) is 0 Å². The molecule has 0 amide bonds. The van der Waals surface area contributed by atoms with Crippen molar-refractivity contribution in [2.75, 3.05) is 0 Å². The standard InChI is InChI=1S/C11H16N/c1-6-7-9(2)10(3)8-11(10,4)12-5/h5-7H,2,8H2,1,3-4H3/q+1/b7-6-. The van der Waals surface area contributed by atoms with Crippen molar-refractivity contribution in [1.82, 2.24) is 0 Å². The van der Waals surface area contributed by atoms with Crippen LogP contribution in [0.2, 0.25) is 0 Å². The minimum Gasteiger partial charge on any atom is -0.0950 e. The highest BCUT2D eigenvalue weighted by molar-refractivity contribution is 5.41. The van der Waals surface area contributed by atoms with Crippen molar-refractivity contribution in [2.24, 2.45) is 5.41 Å². The van der Waals surface area contributed by atoms with E-state index >= 15 is 0 Å². The lowest BCUT2D eigenvalue weighted by Crippen LogP contribution is -2.10. The molecule has 0 heterocycles. The van der Waals surface area contributed by atoms with E-state index in [2.05, 4.69) is 25.3 Å². The van der Waals surface area contributed by atoms with Gasteiger partial charge in [-0.1, -0.05) is 23.6 Å². The zero-order valence-electron chi connectivity index (χ0n) is 8.09. The fraction of sp³-hybridized carbons (Fsp3) is 0.545. The second kappa shape index (κ2) is 2.48. The summed E-state index contributed by atoms with van der Waals surface area (Å²) in [5.74, 6) is 0. The molecule has 0 bridgehead atoms. The first-order chi connectivity index (χ1) is 5.50. The molecule has 64 valence electrons. The van der Waals surface area contributed by atoms with Crippen LogP contribution in [0.4, 0.5) is 0 Å². The summed E-state index contributed by atoms with van der Waals surface area (Å²) in [6.07, 6.45) is 5.05. The molecule has 1 aliphatic carbocycles. The lowest BCUT2D eigenvalue weighted by Gasteiger charge is -2.06. The van der Waals surface area contributed by atoms with Crippen molar-refractivity contribution in [1.29, 1.82) is 0 Å². The number of nitrogens with zero attached hydrogens (tertiary/aromatic N) is 1. The van der Waals surface area contributed by atoms with Gasteiger partial charge in [0.1, 0.15) is 0 Å². The van der Waals surface area contributed by atoms with E-state index in [4.69, 9.17) is 6.57 Å². The number of allylic oxidation sites excluding steroid dienone is 2. The summed E-state index contributed by atoms with van der Waals surface area (Å²) in [4.78, 5) is 3.89. The molecule has 1 heteroatoms. The first-order valence-electron chi connectivity index (χ1n) is 4.24. The highest BCUT2D eigenvalue weighted by atomic mass is 14.9. The second-order valence-electron chi connectivity index (χ2n) is 3.94. The van der Waals surface area contributed by atoms with Crippen LogP contribution < -0.4 is 0 Å². The van der Waals surface area contributed by atoms with Crippen LogP contribution >= 0.6 is 0 Å². The Morgan fingerprint density at radius 2 is 2.17 bits per heavy atom. The zero-order valence-corrected chi connectivity index (χ0v) is 8.09. The molecule has 0 aromatic heterocycles. The van der Waals surface area contributed by atoms with Gasteiger partial charge < -0.3 is 0 Å². The Balaban J connectivity index is 2.82. The van der Waals surface area contributed by atoms with Gasteiger partial charge in [0, 0.05) is 13.3 Å². The maximum Gasteiger partial charge on any atom is 0.288 e.